The van der Waals surface area contributed by atoms with Gasteiger partial charge in [-0.15, -0.1) is 0 Å². The van der Waals surface area contributed by atoms with E-state index in [0.717, 1.165) is 5.56 Å². The van der Waals surface area contributed by atoms with Crippen LogP contribution in [0.2, 0.25) is 5.02 Å². The lowest BCUT2D eigenvalue weighted by molar-refractivity contribution is 0.102. The molecule has 0 fully saturated rings. The number of halogens is 1. The first-order valence-corrected chi connectivity index (χ1v) is 5.32. The number of H-pyrrole nitrogens is 1. The Bertz CT molecular complexity index is 564. The van der Waals surface area contributed by atoms with Crippen molar-refractivity contribution < 1.29 is 4.79 Å². The monoisotopic (exact) mass is 250 g/mol. The number of amides is 1. The summed E-state index contributed by atoms with van der Waals surface area (Å²) in [6.07, 6.45) is 1.42. The average Bonchev–Trinajstić information content (AvgIpc) is 2.68. The predicted molar refractivity (Wildman–Crippen MR) is 67.1 cm³/mol. The number of anilines is 2. The van der Waals surface area contributed by atoms with Crippen LogP contribution in [0.4, 0.5) is 11.5 Å². The summed E-state index contributed by atoms with van der Waals surface area (Å²) in [5, 5.41) is 9.34. The Morgan fingerprint density at radius 1 is 1.53 bits per heavy atom. The van der Waals surface area contributed by atoms with Crippen LogP contribution in [0.1, 0.15) is 15.9 Å². The lowest BCUT2D eigenvalue weighted by Gasteiger charge is -2.07. The maximum absolute atomic E-state index is 11.9. The Labute approximate surface area is 103 Å². The number of carbonyl (C=O) groups is 1. The first-order valence-electron chi connectivity index (χ1n) is 4.95. The summed E-state index contributed by atoms with van der Waals surface area (Å²) >= 11 is 6.05. The molecule has 0 saturated carbocycles. The van der Waals surface area contributed by atoms with Gasteiger partial charge in [0, 0.05) is 0 Å². The molecule has 0 radical (unpaired) electrons. The maximum atomic E-state index is 11.9. The number of aromatic amines is 1. The van der Waals surface area contributed by atoms with E-state index in [9.17, 15) is 4.79 Å². The fourth-order valence-corrected chi connectivity index (χ4v) is 1.61. The van der Waals surface area contributed by atoms with E-state index in [1.807, 2.05) is 13.0 Å². The molecule has 2 rings (SSSR count). The summed E-state index contributed by atoms with van der Waals surface area (Å²) in [6, 6.07) is 5.26. The van der Waals surface area contributed by atoms with Crippen LogP contribution in [-0.2, 0) is 0 Å². The number of benzene rings is 1. The second-order valence-electron chi connectivity index (χ2n) is 3.59. The van der Waals surface area contributed by atoms with Gasteiger partial charge in [0.1, 0.15) is 0 Å². The van der Waals surface area contributed by atoms with E-state index >= 15 is 0 Å². The Morgan fingerprint density at radius 2 is 2.29 bits per heavy atom. The largest absolute Gasteiger partial charge is 0.394 e. The fraction of sp³-hybridized carbons (Fsp3) is 0.0909. The third kappa shape index (κ3) is 2.24. The molecular weight excluding hydrogens is 240 g/mol. The van der Waals surface area contributed by atoms with E-state index < -0.39 is 0 Å². The van der Waals surface area contributed by atoms with Crippen molar-refractivity contribution in [3.8, 4) is 0 Å². The van der Waals surface area contributed by atoms with Crippen LogP contribution in [0.3, 0.4) is 0 Å². The number of aromatic nitrogens is 2. The van der Waals surface area contributed by atoms with Crippen molar-refractivity contribution in [2.45, 2.75) is 6.92 Å². The van der Waals surface area contributed by atoms with Crippen molar-refractivity contribution in [1.82, 2.24) is 10.2 Å². The Kier molecular flexibility index (Phi) is 3.01. The second-order valence-corrected chi connectivity index (χ2v) is 3.97. The number of carbonyl (C=O) groups excluding carboxylic acids is 1. The first kappa shape index (κ1) is 11.5. The Hall–Kier alpha value is -2.01. The molecule has 0 aliphatic carbocycles. The molecule has 0 aliphatic heterocycles. The predicted octanol–water partition coefficient (Wildman–Crippen LogP) is 2.21. The van der Waals surface area contributed by atoms with Gasteiger partial charge < -0.3 is 11.1 Å². The molecule has 5 nitrogen and oxygen atoms in total. The standard InChI is InChI=1S/C11H11ClN4O/c1-6-3-2-4-7(9(6)12)11(17)15-10-8(13)5-14-16-10/h2-5H,13H2,1H3,(H2,14,15,16,17). The van der Waals surface area contributed by atoms with Gasteiger partial charge in [-0.2, -0.15) is 5.10 Å². The third-order valence-electron chi connectivity index (χ3n) is 2.34. The molecule has 4 N–H and O–H groups in total. The van der Waals surface area contributed by atoms with Crippen molar-refractivity contribution in [3.63, 3.8) is 0 Å². The van der Waals surface area contributed by atoms with Gasteiger partial charge in [0.15, 0.2) is 5.82 Å². The van der Waals surface area contributed by atoms with E-state index in [1.54, 1.807) is 12.1 Å². The zero-order valence-electron chi connectivity index (χ0n) is 9.12. The summed E-state index contributed by atoms with van der Waals surface area (Å²) in [5.74, 6) is 0.0437. The molecule has 0 bridgehead atoms. The van der Waals surface area contributed by atoms with E-state index in [2.05, 4.69) is 15.5 Å². The first-order chi connectivity index (χ1) is 8.09. The van der Waals surface area contributed by atoms with Gasteiger partial charge in [-0.25, -0.2) is 0 Å². The van der Waals surface area contributed by atoms with Crippen molar-refractivity contribution >= 4 is 29.0 Å². The van der Waals surface area contributed by atoms with Gasteiger partial charge in [0.2, 0.25) is 0 Å². The van der Waals surface area contributed by atoms with Crippen molar-refractivity contribution in [2.75, 3.05) is 11.1 Å². The molecule has 1 aromatic carbocycles. The van der Waals surface area contributed by atoms with E-state index in [-0.39, 0.29) is 5.91 Å². The smallest absolute Gasteiger partial charge is 0.258 e. The average molecular weight is 251 g/mol. The van der Waals surface area contributed by atoms with Gasteiger partial charge in [-0.1, -0.05) is 23.7 Å². The highest BCUT2D eigenvalue weighted by molar-refractivity contribution is 6.35. The lowest BCUT2D eigenvalue weighted by atomic mass is 10.1. The number of nitrogen functional groups attached to an aromatic ring is 1. The molecule has 0 atom stereocenters. The molecule has 1 amide bonds. The molecule has 17 heavy (non-hydrogen) atoms. The number of hydrogen-bond donors (Lipinski definition) is 3. The van der Waals surface area contributed by atoms with Gasteiger partial charge in [-0.3, -0.25) is 9.89 Å². The van der Waals surface area contributed by atoms with E-state index in [4.69, 9.17) is 17.3 Å². The van der Waals surface area contributed by atoms with Gasteiger partial charge in [0.25, 0.3) is 5.91 Å². The van der Waals surface area contributed by atoms with Gasteiger partial charge in [-0.05, 0) is 18.6 Å². The highest BCUT2D eigenvalue weighted by Crippen LogP contribution is 2.22. The van der Waals surface area contributed by atoms with Crippen molar-refractivity contribution in [1.29, 1.82) is 0 Å². The molecular formula is C11H11ClN4O. The number of nitrogens with two attached hydrogens (primary N) is 1. The van der Waals surface area contributed by atoms with Crippen LogP contribution >= 0.6 is 11.6 Å². The Balaban J connectivity index is 2.27. The SMILES string of the molecule is Cc1cccc(C(=O)Nc2[nH]ncc2N)c1Cl. The number of nitrogens with zero attached hydrogens (tertiary/aromatic N) is 1. The molecule has 0 spiro atoms. The zero-order chi connectivity index (χ0) is 12.4. The van der Waals surface area contributed by atoms with Crippen molar-refractivity contribution in [3.05, 3.63) is 40.5 Å². The van der Waals surface area contributed by atoms with E-state index in [0.29, 0.717) is 22.1 Å². The zero-order valence-corrected chi connectivity index (χ0v) is 9.88. The van der Waals surface area contributed by atoms with Crippen molar-refractivity contribution in [2.24, 2.45) is 0 Å². The molecule has 88 valence electrons. The highest BCUT2D eigenvalue weighted by Gasteiger charge is 2.13. The van der Waals surface area contributed by atoms with Crippen LogP contribution < -0.4 is 11.1 Å². The number of hydrogen-bond acceptors (Lipinski definition) is 3. The molecule has 0 unspecified atom stereocenters. The number of aryl methyl sites for hydroxylation is 1. The second kappa shape index (κ2) is 4.47. The molecule has 1 heterocycles. The molecule has 1 aromatic heterocycles. The van der Waals surface area contributed by atoms with Crippen LogP contribution in [-0.4, -0.2) is 16.1 Å². The minimum atomic E-state index is -0.324. The summed E-state index contributed by atoms with van der Waals surface area (Å²) in [7, 11) is 0. The number of rotatable bonds is 2. The quantitative estimate of drug-likeness (QED) is 0.764. The minimum Gasteiger partial charge on any atom is -0.394 e. The number of nitrogens with one attached hydrogen (secondary N) is 2. The fourth-order valence-electron chi connectivity index (χ4n) is 1.40. The minimum absolute atomic E-state index is 0.324. The van der Waals surface area contributed by atoms with Crippen LogP contribution in [0.25, 0.3) is 0 Å². The summed E-state index contributed by atoms with van der Waals surface area (Å²) in [6.45, 7) is 1.84. The molecule has 2 aromatic rings. The third-order valence-corrected chi connectivity index (χ3v) is 2.85. The Morgan fingerprint density at radius 3 is 2.94 bits per heavy atom. The molecule has 0 aliphatic rings. The van der Waals surface area contributed by atoms with Gasteiger partial charge in [0.05, 0.1) is 22.5 Å². The topological polar surface area (TPSA) is 83.8 Å². The maximum Gasteiger partial charge on any atom is 0.258 e. The summed E-state index contributed by atoms with van der Waals surface area (Å²) in [5.41, 5.74) is 7.22. The summed E-state index contributed by atoms with van der Waals surface area (Å²) < 4.78 is 0. The van der Waals surface area contributed by atoms with E-state index in [1.165, 1.54) is 6.20 Å². The normalized spacial score (nSPS) is 10.2. The van der Waals surface area contributed by atoms with Crippen LogP contribution in [0.5, 0.6) is 0 Å². The highest BCUT2D eigenvalue weighted by atomic mass is 35.5. The van der Waals surface area contributed by atoms with Crippen LogP contribution in [0.15, 0.2) is 24.4 Å². The van der Waals surface area contributed by atoms with Gasteiger partial charge >= 0.3 is 0 Å². The van der Waals surface area contributed by atoms with Crippen LogP contribution in [0, 0.1) is 6.92 Å². The molecule has 0 saturated heterocycles. The lowest BCUT2D eigenvalue weighted by Crippen LogP contribution is -2.14. The molecule has 6 heteroatoms. The summed E-state index contributed by atoms with van der Waals surface area (Å²) in [4.78, 5) is 11.9.